The Bertz CT molecular complexity index is 1240. The predicted molar refractivity (Wildman–Crippen MR) is 121 cm³/mol. The molecule has 170 valence electrons. The van der Waals surface area contributed by atoms with E-state index in [1.165, 1.54) is 16.8 Å². The highest BCUT2D eigenvalue weighted by Gasteiger charge is 2.18. The van der Waals surface area contributed by atoms with Gasteiger partial charge in [0.1, 0.15) is 5.60 Å². The summed E-state index contributed by atoms with van der Waals surface area (Å²) < 4.78 is 34.2. The summed E-state index contributed by atoms with van der Waals surface area (Å²) in [7, 11) is -3.65. The minimum absolute atomic E-state index is 0.164. The van der Waals surface area contributed by atoms with Crippen molar-refractivity contribution in [1.29, 1.82) is 0 Å². The van der Waals surface area contributed by atoms with Crippen LogP contribution in [0.5, 0.6) is 0 Å². The maximum atomic E-state index is 12.5. The third-order valence-electron chi connectivity index (χ3n) is 4.37. The second-order valence-electron chi connectivity index (χ2n) is 8.17. The fraction of sp³-hybridized carbons (Fsp3) is 0.286. The monoisotopic (exact) mass is 459 g/mol. The average molecular weight is 460 g/mol. The van der Waals surface area contributed by atoms with Crippen LogP contribution in [0.3, 0.4) is 0 Å². The van der Waals surface area contributed by atoms with Gasteiger partial charge in [-0.25, -0.2) is 19.1 Å². The van der Waals surface area contributed by atoms with Gasteiger partial charge in [-0.15, -0.1) is 0 Å². The number of hydrogen-bond acceptors (Lipinski definition) is 7. The molecule has 32 heavy (non-hydrogen) atoms. The van der Waals surface area contributed by atoms with E-state index in [2.05, 4.69) is 9.71 Å². The normalized spacial score (nSPS) is 11.9. The number of sulfonamides is 1. The van der Waals surface area contributed by atoms with Gasteiger partial charge in [-0.05, 0) is 45.0 Å². The van der Waals surface area contributed by atoms with Crippen molar-refractivity contribution in [1.82, 2.24) is 15.0 Å². The highest BCUT2D eigenvalue weighted by molar-refractivity contribution is 7.92. The summed E-state index contributed by atoms with van der Waals surface area (Å²) in [5, 5.41) is 1.45. The number of pyridine rings is 1. The minimum atomic E-state index is -3.65. The lowest BCUT2D eigenvalue weighted by Gasteiger charge is -2.19. The molecule has 0 spiro atoms. The number of rotatable bonds is 6. The van der Waals surface area contributed by atoms with Crippen molar-refractivity contribution in [2.45, 2.75) is 32.8 Å². The number of fused-ring (bicyclic) bond motifs is 1. The van der Waals surface area contributed by atoms with Crippen molar-refractivity contribution in [2.75, 3.05) is 10.5 Å². The Morgan fingerprint density at radius 2 is 1.84 bits per heavy atom. The second kappa shape index (κ2) is 8.97. The molecule has 0 fully saturated rings. The van der Waals surface area contributed by atoms with E-state index in [1.54, 1.807) is 57.4 Å². The van der Waals surface area contributed by atoms with E-state index in [0.717, 1.165) is 5.39 Å². The molecule has 0 saturated heterocycles. The van der Waals surface area contributed by atoms with Crippen LogP contribution in [0.15, 0.2) is 48.9 Å². The van der Waals surface area contributed by atoms with Crippen molar-refractivity contribution in [3.05, 3.63) is 60.2 Å². The number of carbonyl (C=O) groups is 2. The summed E-state index contributed by atoms with van der Waals surface area (Å²) in [5.41, 5.74) is 2.56. The van der Waals surface area contributed by atoms with E-state index in [0.29, 0.717) is 16.8 Å². The van der Waals surface area contributed by atoms with Crippen LogP contribution in [0.2, 0.25) is 0 Å². The Morgan fingerprint density at radius 3 is 2.47 bits per heavy atom. The smallest absolute Gasteiger partial charge is 0.418 e. The van der Waals surface area contributed by atoms with E-state index in [-0.39, 0.29) is 17.7 Å². The van der Waals surface area contributed by atoms with Gasteiger partial charge in [0.05, 0.1) is 11.3 Å². The Kier molecular flexibility index (Phi) is 6.51. The number of nitrogen functional groups attached to an aromatic ring is 1. The number of carbonyl (C=O) groups excluding carboxylic acids is 2. The zero-order valence-electron chi connectivity index (χ0n) is 18.0. The highest BCUT2D eigenvalue weighted by Crippen LogP contribution is 2.22. The zero-order chi connectivity index (χ0) is 23.5. The minimum Gasteiger partial charge on any atom is -0.443 e. The van der Waals surface area contributed by atoms with Crippen LogP contribution in [-0.2, 0) is 21.2 Å². The van der Waals surface area contributed by atoms with Crippen molar-refractivity contribution in [2.24, 2.45) is 5.84 Å². The van der Waals surface area contributed by atoms with Gasteiger partial charge >= 0.3 is 6.09 Å². The van der Waals surface area contributed by atoms with Crippen LogP contribution in [0.4, 0.5) is 10.5 Å². The van der Waals surface area contributed by atoms with Crippen molar-refractivity contribution >= 4 is 38.5 Å². The highest BCUT2D eigenvalue weighted by atomic mass is 32.2. The molecule has 1 aromatic carbocycles. The number of nitrogens with one attached hydrogen (secondary N) is 2. The van der Waals surface area contributed by atoms with Crippen molar-refractivity contribution in [3.63, 3.8) is 0 Å². The topological polar surface area (TPSA) is 145 Å². The number of hydrogen-bond donors (Lipinski definition) is 3. The number of aryl methyl sites for hydroxylation is 1. The fourth-order valence-electron chi connectivity index (χ4n) is 2.88. The van der Waals surface area contributed by atoms with Crippen LogP contribution in [0.1, 0.15) is 36.8 Å². The lowest BCUT2D eigenvalue weighted by molar-refractivity contribution is 0.0537. The number of nitrogens with two attached hydrogens (primary N) is 1. The number of ether oxygens (including phenoxy) is 1. The predicted octanol–water partition coefficient (Wildman–Crippen LogP) is 2.41. The Labute approximate surface area is 185 Å². The number of benzene rings is 1. The number of nitrogens with zero attached hydrogens (tertiary/aromatic N) is 2. The molecule has 11 heteroatoms. The van der Waals surface area contributed by atoms with Gasteiger partial charge < -0.3 is 4.74 Å². The summed E-state index contributed by atoms with van der Waals surface area (Å²) in [6.07, 6.45) is 4.20. The maximum Gasteiger partial charge on any atom is 0.418 e. The van der Waals surface area contributed by atoms with E-state index in [4.69, 9.17) is 10.6 Å². The molecule has 0 unspecified atom stereocenters. The molecule has 2 aromatic heterocycles. The molecule has 1 amide bonds. The Hall–Kier alpha value is -3.44. The van der Waals surface area contributed by atoms with Gasteiger partial charge in [0.15, 0.2) is 0 Å². The molecule has 0 bridgehead atoms. The lowest BCUT2D eigenvalue weighted by Crippen LogP contribution is -2.30. The van der Waals surface area contributed by atoms with Gasteiger partial charge in [-0.3, -0.25) is 24.5 Å². The first-order valence-electron chi connectivity index (χ1n) is 9.77. The molecule has 0 aliphatic carbocycles. The molecule has 3 rings (SSSR count). The standard InChI is InChI=1S/C21H25N5O5S/c1-21(2,3)31-20(28)26-12-15-5-7-18(10-16(15)13-26)25-32(29,30)9-8-17-6-4-14(11-23-17)19(27)24-22/h4-7,10-13,25H,8-9,22H2,1-3H3,(H,24,27). The Balaban J connectivity index is 1.66. The molecule has 4 N–H and O–H groups in total. The summed E-state index contributed by atoms with van der Waals surface area (Å²) in [4.78, 5) is 27.8. The molecule has 0 radical (unpaired) electrons. The number of aromatic nitrogens is 2. The SMILES string of the molecule is CC(C)(C)OC(=O)n1cc2ccc(NS(=O)(=O)CCc3ccc(C(=O)NN)cn3)cc2c1. The number of anilines is 1. The molecule has 10 nitrogen and oxygen atoms in total. The summed E-state index contributed by atoms with van der Waals surface area (Å²) in [6.45, 7) is 5.34. The number of hydrazine groups is 1. The van der Waals surface area contributed by atoms with Gasteiger partial charge in [-0.2, -0.15) is 0 Å². The van der Waals surface area contributed by atoms with Crippen LogP contribution < -0.4 is 16.0 Å². The third-order valence-corrected chi connectivity index (χ3v) is 5.65. The molecule has 0 aliphatic rings. The number of amides is 1. The van der Waals surface area contributed by atoms with Crippen molar-refractivity contribution < 1.29 is 22.7 Å². The van der Waals surface area contributed by atoms with Gasteiger partial charge in [-0.1, -0.05) is 6.07 Å². The van der Waals surface area contributed by atoms with E-state index in [1.807, 2.05) is 5.43 Å². The summed E-state index contributed by atoms with van der Waals surface area (Å²) >= 11 is 0. The molecule has 0 atom stereocenters. The van der Waals surface area contributed by atoms with Gasteiger partial charge in [0, 0.05) is 47.2 Å². The molecular weight excluding hydrogens is 434 g/mol. The first-order valence-corrected chi connectivity index (χ1v) is 11.4. The second-order valence-corrected chi connectivity index (χ2v) is 10.0. The summed E-state index contributed by atoms with van der Waals surface area (Å²) in [5.74, 6) is 4.39. The van der Waals surface area contributed by atoms with Crippen LogP contribution >= 0.6 is 0 Å². The molecule has 0 saturated carbocycles. The first-order chi connectivity index (χ1) is 15.0. The quantitative estimate of drug-likeness (QED) is 0.291. The van der Waals surface area contributed by atoms with Crippen molar-refractivity contribution in [3.8, 4) is 0 Å². The maximum absolute atomic E-state index is 12.5. The Morgan fingerprint density at radius 1 is 1.12 bits per heavy atom. The van der Waals surface area contributed by atoms with Crippen LogP contribution in [-0.4, -0.2) is 41.3 Å². The molecular formula is C21H25N5O5S. The van der Waals surface area contributed by atoms with Crippen LogP contribution in [0, 0.1) is 0 Å². The van der Waals surface area contributed by atoms with Gasteiger partial charge in [0.2, 0.25) is 10.0 Å². The van der Waals surface area contributed by atoms with E-state index >= 15 is 0 Å². The molecule has 3 aromatic rings. The fourth-order valence-corrected chi connectivity index (χ4v) is 3.95. The van der Waals surface area contributed by atoms with Gasteiger partial charge in [0.25, 0.3) is 5.91 Å². The van der Waals surface area contributed by atoms with E-state index in [9.17, 15) is 18.0 Å². The first kappa shape index (κ1) is 23.2. The molecule has 0 aliphatic heterocycles. The lowest BCUT2D eigenvalue weighted by atomic mass is 10.2. The third kappa shape index (κ3) is 6.05. The zero-order valence-corrected chi connectivity index (χ0v) is 18.8. The summed E-state index contributed by atoms with van der Waals surface area (Å²) in [6, 6.07) is 8.08. The van der Waals surface area contributed by atoms with E-state index < -0.39 is 27.6 Å². The van der Waals surface area contributed by atoms with Crippen LogP contribution in [0.25, 0.3) is 10.8 Å². The largest absolute Gasteiger partial charge is 0.443 e. The molecule has 2 heterocycles. The average Bonchev–Trinajstić information content (AvgIpc) is 3.14.